The number of nitrogens with one attached hydrogen (secondary N) is 1. The summed E-state index contributed by atoms with van der Waals surface area (Å²) in [6, 6.07) is 10.1. The second-order valence-electron chi connectivity index (χ2n) is 6.78. The second-order valence-corrected chi connectivity index (χ2v) is 7.18. The van der Waals surface area contributed by atoms with Crippen molar-refractivity contribution in [2.24, 2.45) is 0 Å². The first kappa shape index (κ1) is 18.4. The predicted molar refractivity (Wildman–Crippen MR) is 103 cm³/mol. The number of nitrogens with zero attached hydrogens (tertiary/aromatic N) is 2. The Bertz CT molecular complexity index is 981. The van der Waals surface area contributed by atoms with Crippen LogP contribution in [-0.2, 0) is 9.59 Å². The van der Waals surface area contributed by atoms with Crippen LogP contribution in [0, 0.1) is 5.82 Å². The number of fused-ring (bicyclic) bond motifs is 2. The van der Waals surface area contributed by atoms with E-state index < -0.39 is 17.8 Å². The summed E-state index contributed by atoms with van der Waals surface area (Å²) < 4.78 is 13.3. The highest BCUT2D eigenvalue weighted by Crippen LogP contribution is 2.32. The summed E-state index contributed by atoms with van der Waals surface area (Å²) in [5.74, 6) is -1.52. The summed E-state index contributed by atoms with van der Waals surface area (Å²) >= 11 is 5.74. The summed E-state index contributed by atoms with van der Waals surface area (Å²) in [6.45, 7) is 0.264. The molecule has 0 aliphatic carbocycles. The molecule has 0 saturated carbocycles. The fraction of sp³-hybridized carbons (Fsp3) is 0.250. The SMILES string of the molecule is O=C(CN1C(=O)[C@@H]2CCCN2C(=O)c2ccccc21)Nc1ccc(F)c(Cl)c1. The van der Waals surface area contributed by atoms with Gasteiger partial charge in [-0.1, -0.05) is 23.7 Å². The third-order valence-electron chi connectivity index (χ3n) is 5.00. The molecule has 0 unspecified atom stereocenters. The van der Waals surface area contributed by atoms with Gasteiger partial charge in [0.05, 0.1) is 16.3 Å². The van der Waals surface area contributed by atoms with E-state index in [-0.39, 0.29) is 23.4 Å². The zero-order valence-corrected chi connectivity index (χ0v) is 15.6. The summed E-state index contributed by atoms with van der Waals surface area (Å²) in [6.07, 6.45) is 1.32. The smallest absolute Gasteiger partial charge is 0.256 e. The van der Waals surface area contributed by atoms with Gasteiger partial charge >= 0.3 is 0 Å². The molecule has 2 aliphatic heterocycles. The lowest BCUT2D eigenvalue weighted by molar-refractivity contribution is -0.124. The Labute approximate surface area is 165 Å². The summed E-state index contributed by atoms with van der Waals surface area (Å²) in [5, 5.41) is 2.51. The number of hydrogen-bond donors (Lipinski definition) is 1. The van der Waals surface area contributed by atoms with Crippen LogP contribution in [0.2, 0.25) is 5.02 Å². The van der Waals surface area contributed by atoms with Crippen molar-refractivity contribution in [3.05, 3.63) is 58.9 Å². The van der Waals surface area contributed by atoms with Crippen LogP contribution in [0.4, 0.5) is 15.8 Å². The first-order valence-electron chi connectivity index (χ1n) is 8.92. The van der Waals surface area contributed by atoms with Crippen molar-refractivity contribution in [2.75, 3.05) is 23.3 Å². The fourth-order valence-electron chi connectivity index (χ4n) is 3.69. The van der Waals surface area contributed by atoms with Crippen molar-refractivity contribution < 1.29 is 18.8 Å². The van der Waals surface area contributed by atoms with Crippen molar-refractivity contribution in [3.63, 3.8) is 0 Å². The molecule has 0 spiro atoms. The topological polar surface area (TPSA) is 69.7 Å². The second kappa shape index (κ2) is 7.24. The molecule has 0 bridgehead atoms. The standard InChI is InChI=1S/C20H17ClFN3O3/c21-14-10-12(7-8-15(14)22)23-18(26)11-25-16-5-2-1-4-13(16)19(27)24-9-3-6-17(24)20(25)28/h1-2,4-5,7-8,10,17H,3,6,9,11H2,(H,23,26)/t17-/m0/s1. The molecule has 1 N–H and O–H groups in total. The maximum atomic E-state index is 13.3. The third kappa shape index (κ3) is 3.22. The van der Waals surface area contributed by atoms with E-state index in [1.54, 1.807) is 29.2 Å². The maximum Gasteiger partial charge on any atom is 0.256 e. The van der Waals surface area contributed by atoms with Gasteiger partial charge in [0, 0.05) is 12.2 Å². The van der Waals surface area contributed by atoms with Crippen LogP contribution in [0.1, 0.15) is 23.2 Å². The number of amides is 3. The van der Waals surface area contributed by atoms with E-state index in [1.807, 2.05) is 0 Å². The van der Waals surface area contributed by atoms with Crippen LogP contribution >= 0.6 is 11.6 Å². The minimum absolute atomic E-state index is 0.110. The van der Waals surface area contributed by atoms with Crippen molar-refractivity contribution in [1.29, 1.82) is 0 Å². The first-order valence-corrected chi connectivity index (χ1v) is 9.30. The minimum Gasteiger partial charge on any atom is -0.327 e. The molecule has 2 aromatic carbocycles. The Hall–Kier alpha value is -2.93. The maximum absolute atomic E-state index is 13.3. The van der Waals surface area contributed by atoms with Gasteiger partial charge in [0.15, 0.2) is 0 Å². The van der Waals surface area contributed by atoms with Gasteiger partial charge in [0.2, 0.25) is 11.8 Å². The van der Waals surface area contributed by atoms with Crippen molar-refractivity contribution >= 4 is 40.7 Å². The lowest BCUT2D eigenvalue weighted by atomic mass is 10.1. The molecule has 8 heteroatoms. The van der Waals surface area contributed by atoms with Crippen LogP contribution in [0.25, 0.3) is 0 Å². The molecule has 2 heterocycles. The average Bonchev–Trinajstić information content (AvgIpc) is 3.15. The largest absolute Gasteiger partial charge is 0.327 e. The molecule has 144 valence electrons. The molecule has 3 amide bonds. The summed E-state index contributed by atoms with van der Waals surface area (Å²) in [4.78, 5) is 41.5. The monoisotopic (exact) mass is 401 g/mol. The fourth-order valence-corrected chi connectivity index (χ4v) is 3.87. The van der Waals surface area contributed by atoms with Crippen molar-refractivity contribution in [3.8, 4) is 0 Å². The number of benzene rings is 2. The number of para-hydroxylation sites is 1. The van der Waals surface area contributed by atoms with Crippen LogP contribution < -0.4 is 10.2 Å². The van der Waals surface area contributed by atoms with E-state index in [0.717, 1.165) is 12.5 Å². The molecule has 6 nitrogen and oxygen atoms in total. The highest BCUT2D eigenvalue weighted by Gasteiger charge is 2.42. The van der Waals surface area contributed by atoms with Crippen LogP contribution in [-0.4, -0.2) is 41.8 Å². The van der Waals surface area contributed by atoms with Gasteiger partial charge in [-0.05, 0) is 43.2 Å². The number of carbonyl (C=O) groups is 3. The van der Waals surface area contributed by atoms with Gasteiger partial charge in [-0.15, -0.1) is 0 Å². The zero-order valence-electron chi connectivity index (χ0n) is 14.8. The van der Waals surface area contributed by atoms with Crippen molar-refractivity contribution in [2.45, 2.75) is 18.9 Å². The van der Waals surface area contributed by atoms with E-state index in [9.17, 15) is 18.8 Å². The van der Waals surface area contributed by atoms with E-state index in [0.29, 0.717) is 29.9 Å². The molecule has 1 saturated heterocycles. The molecular formula is C20H17ClFN3O3. The predicted octanol–water partition coefficient (Wildman–Crippen LogP) is 3.07. The zero-order chi connectivity index (χ0) is 19.8. The van der Waals surface area contributed by atoms with E-state index in [1.165, 1.54) is 17.0 Å². The quantitative estimate of drug-likeness (QED) is 0.859. The van der Waals surface area contributed by atoms with E-state index in [2.05, 4.69) is 5.32 Å². The van der Waals surface area contributed by atoms with Crippen LogP contribution in [0.5, 0.6) is 0 Å². The Balaban J connectivity index is 1.62. The Morgan fingerprint density at radius 2 is 2.00 bits per heavy atom. The third-order valence-corrected chi connectivity index (χ3v) is 5.28. The van der Waals surface area contributed by atoms with Crippen LogP contribution in [0.3, 0.4) is 0 Å². The van der Waals surface area contributed by atoms with Crippen LogP contribution in [0.15, 0.2) is 42.5 Å². The number of hydrogen-bond acceptors (Lipinski definition) is 3. The highest BCUT2D eigenvalue weighted by molar-refractivity contribution is 6.31. The normalized spacial score (nSPS) is 18.6. The highest BCUT2D eigenvalue weighted by atomic mass is 35.5. The summed E-state index contributed by atoms with van der Waals surface area (Å²) in [7, 11) is 0. The molecule has 0 radical (unpaired) electrons. The molecule has 4 rings (SSSR count). The molecule has 2 aliphatic rings. The summed E-state index contributed by atoms with van der Waals surface area (Å²) in [5.41, 5.74) is 1.14. The average molecular weight is 402 g/mol. The first-order chi connectivity index (χ1) is 13.5. The van der Waals surface area contributed by atoms with Crippen molar-refractivity contribution in [1.82, 2.24) is 4.90 Å². The lowest BCUT2D eigenvalue weighted by Crippen LogP contribution is -2.47. The van der Waals surface area contributed by atoms with Gasteiger partial charge in [0.1, 0.15) is 18.4 Å². The van der Waals surface area contributed by atoms with Gasteiger partial charge in [-0.3, -0.25) is 14.4 Å². The van der Waals surface area contributed by atoms with Gasteiger partial charge in [-0.2, -0.15) is 0 Å². The molecule has 1 fully saturated rings. The Morgan fingerprint density at radius 3 is 2.79 bits per heavy atom. The number of halogens is 2. The van der Waals surface area contributed by atoms with Gasteiger partial charge in [0.25, 0.3) is 5.91 Å². The van der Waals surface area contributed by atoms with E-state index in [4.69, 9.17) is 11.6 Å². The van der Waals surface area contributed by atoms with E-state index >= 15 is 0 Å². The Morgan fingerprint density at radius 1 is 1.21 bits per heavy atom. The number of carbonyl (C=O) groups excluding carboxylic acids is 3. The number of anilines is 2. The minimum atomic E-state index is -0.587. The van der Waals surface area contributed by atoms with Gasteiger partial charge in [-0.25, -0.2) is 4.39 Å². The Kier molecular flexibility index (Phi) is 4.77. The lowest BCUT2D eigenvalue weighted by Gasteiger charge is -2.25. The molecule has 28 heavy (non-hydrogen) atoms. The van der Waals surface area contributed by atoms with Gasteiger partial charge < -0.3 is 15.1 Å². The molecule has 1 atom stereocenters. The molecular weight excluding hydrogens is 385 g/mol. The molecule has 2 aromatic rings. The molecule has 0 aromatic heterocycles. The number of rotatable bonds is 3.